The summed E-state index contributed by atoms with van der Waals surface area (Å²) >= 11 is 0. The van der Waals surface area contributed by atoms with Gasteiger partial charge in [-0.15, -0.1) is 0 Å². The molecule has 1 aliphatic heterocycles. The number of hydrogen-bond donors (Lipinski definition) is 3. The summed E-state index contributed by atoms with van der Waals surface area (Å²) in [6.07, 6.45) is 3.50. The zero-order valence-corrected chi connectivity index (χ0v) is 8.86. The number of primary amides is 1. The third kappa shape index (κ3) is 2.00. The standard InChI is InChI=1S/C10H15N3O3/c11-8(15)7(12-5-14)3-6-4-10(1-2-10)13-9(6)16/h5-7H,1-4H2,(H2,11,15)(H,12,14)(H,13,16)/t6?,7-/m0/s1. The van der Waals surface area contributed by atoms with Gasteiger partial charge < -0.3 is 16.4 Å². The van der Waals surface area contributed by atoms with Crippen LogP contribution in [0.4, 0.5) is 0 Å². The lowest BCUT2D eigenvalue weighted by Crippen LogP contribution is -2.42. The van der Waals surface area contributed by atoms with Gasteiger partial charge in [0.2, 0.25) is 18.2 Å². The van der Waals surface area contributed by atoms with Gasteiger partial charge in [0, 0.05) is 11.5 Å². The second kappa shape index (κ2) is 3.77. The van der Waals surface area contributed by atoms with Crippen LogP contribution in [0, 0.1) is 5.92 Å². The van der Waals surface area contributed by atoms with Gasteiger partial charge in [-0.1, -0.05) is 0 Å². The van der Waals surface area contributed by atoms with Crippen molar-refractivity contribution in [1.29, 1.82) is 0 Å². The Morgan fingerprint density at radius 1 is 1.69 bits per heavy atom. The summed E-state index contributed by atoms with van der Waals surface area (Å²) in [6.45, 7) is 0. The molecule has 1 saturated heterocycles. The molecule has 2 rings (SSSR count). The maximum Gasteiger partial charge on any atom is 0.240 e. The Kier molecular flexibility index (Phi) is 2.57. The van der Waals surface area contributed by atoms with Gasteiger partial charge in [-0.2, -0.15) is 0 Å². The van der Waals surface area contributed by atoms with Crippen molar-refractivity contribution in [1.82, 2.24) is 10.6 Å². The number of nitrogens with two attached hydrogens (primary N) is 1. The van der Waals surface area contributed by atoms with Gasteiger partial charge in [0.15, 0.2) is 0 Å². The first-order valence-electron chi connectivity index (χ1n) is 5.37. The molecule has 88 valence electrons. The molecule has 1 heterocycles. The lowest BCUT2D eigenvalue weighted by atomic mass is 9.95. The average Bonchev–Trinajstić information content (AvgIpc) is 2.87. The number of amides is 3. The lowest BCUT2D eigenvalue weighted by Gasteiger charge is -2.15. The van der Waals surface area contributed by atoms with Crippen molar-refractivity contribution in [3.05, 3.63) is 0 Å². The van der Waals surface area contributed by atoms with Crippen LogP contribution < -0.4 is 16.4 Å². The van der Waals surface area contributed by atoms with Crippen molar-refractivity contribution in [2.24, 2.45) is 11.7 Å². The van der Waals surface area contributed by atoms with E-state index in [0.29, 0.717) is 12.8 Å². The first-order chi connectivity index (χ1) is 7.56. The zero-order valence-electron chi connectivity index (χ0n) is 8.86. The Bertz CT molecular complexity index is 338. The minimum Gasteiger partial charge on any atom is -0.368 e. The summed E-state index contributed by atoms with van der Waals surface area (Å²) in [5, 5.41) is 5.28. The van der Waals surface area contributed by atoms with E-state index in [0.717, 1.165) is 19.3 Å². The maximum atomic E-state index is 11.6. The summed E-state index contributed by atoms with van der Waals surface area (Å²) in [7, 11) is 0. The van der Waals surface area contributed by atoms with Gasteiger partial charge in [0.1, 0.15) is 6.04 Å². The third-order valence-electron chi connectivity index (χ3n) is 3.38. The van der Waals surface area contributed by atoms with Crippen LogP contribution in [0.15, 0.2) is 0 Å². The van der Waals surface area contributed by atoms with Crippen LogP contribution in [0.1, 0.15) is 25.7 Å². The predicted molar refractivity (Wildman–Crippen MR) is 55.0 cm³/mol. The van der Waals surface area contributed by atoms with Crippen LogP contribution in [-0.4, -0.2) is 29.8 Å². The van der Waals surface area contributed by atoms with Crippen LogP contribution in [0.3, 0.4) is 0 Å². The highest BCUT2D eigenvalue weighted by Crippen LogP contribution is 2.46. The Hall–Kier alpha value is -1.59. The highest BCUT2D eigenvalue weighted by Gasteiger charge is 2.52. The molecule has 16 heavy (non-hydrogen) atoms. The molecule has 2 atom stereocenters. The molecular formula is C10H15N3O3. The zero-order chi connectivity index (χ0) is 11.8. The molecule has 1 spiro atoms. The number of nitrogens with one attached hydrogen (secondary N) is 2. The molecule has 1 unspecified atom stereocenters. The highest BCUT2D eigenvalue weighted by molar-refractivity contribution is 5.86. The van der Waals surface area contributed by atoms with E-state index in [-0.39, 0.29) is 17.4 Å². The van der Waals surface area contributed by atoms with Crippen LogP contribution in [0.25, 0.3) is 0 Å². The van der Waals surface area contributed by atoms with E-state index in [1.807, 2.05) is 0 Å². The van der Waals surface area contributed by atoms with E-state index in [9.17, 15) is 14.4 Å². The molecule has 1 aliphatic carbocycles. The van der Waals surface area contributed by atoms with Gasteiger partial charge in [0.25, 0.3) is 0 Å². The molecule has 6 heteroatoms. The van der Waals surface area contributed by atoms with Gasteiger partial charge in [-0.3, -0.25) is 14.4 Å². The largest absolute Gasteiger partial charge is 0.368 e. The fourth-order valence-electron chi connectivity index (χ4n) is 2.28. The molecule has 0 radical (unpaired) electrons. The number of carbonyl (C=O) groups excluding carboxylic acids is 3. The molecule has 2 fully saturated rings. The van der Waals surface area contributed by atoms with Gasteiger partial charge >= 0.3 is 0 Å². The van der Waals surface area contributed by atoms with Gasteiger partial charge in [-0.25, -0.2) is 0 Å². The van der Waals surface area contributed by atoms with Crippen molar-refractivity contribution in [3.63, 3.8) is 0 Å². The fraction of sp³-hybridized carbons (Fsp3) is 0.700. The summed E-state index contributed by atoms with van der Waals surface area (Å²) in [4.78, 5) is 32.9. The fourth-order valence-corrected chi connectivity index (χ4v) is 2.28. The van der Waals surface area contributed by atoms with Crippen molar-refractivity contribution in [2.45, 2.75) is 37.3 Å². The van der Waals surface area contributed by atoms with Crippen molar-refractivity contribution < 1.29 is 14.4 Å². The maximum absolute atomic E-state index is 11.6. The molecule has 6 nitrogen and oxygen atoms in total. The Morgan fingerprint density at radius 2 is 2.38 bits per heavy atom. The van der Waals surface area contributed by atoms with Gasteiger partial charge in [-0.05, 0) is 25.7 Å². The van der Waals surface area contributed by atoms with Crippen molar-refractivity contribution in [3.8, 4) is 0 Å². The van der Waals surface area contributed by atoms with Crippen LogP contribution in [0.2, 0.25) is 0 Å². The topological polar surface area (TPSA) is 101 Å². The number of hydrogen-bond acceptors (Lipinski definition) is 3. The van der Waals surface area contributed by atoms with Crippen LogP contribution in [0.5, 0.6) is 0 Å². The second-order valence-electron chi connectivity index (χ2n) is 4.65. The van der Waals surface area contributed by atoms with E-state index in [1.165, 1.54) is 0 Å². The first kappa shape index (κ1) is 10.9. The van der Waals surface area contributed by atoms with Crippen molar-refractivity contribution in [2.75, 3.05) is 0 Å². The number of rotatable bonds is 5. The molecule has 0 aromatic rings. The van der Waals surface area contributed by atoms with E-state index in [1.54, 1.807) is 0 Å². The molecule has 0 bridgehead atoms. The average molecular weight is 225 g/mol. The minimum absolute atomic E-state index is 0.00880. The van der Waals surface area contributed by atoms with Crippen molar-refractivity contribution >= 4 is 18.2 Å². The van der Waals surface area contributed by atoms with Crippen LogP contribution >= 0.6 is 0 Å². The molecule has 4 N–H and O–H groups in total. The minimum atomic E-state index is -0.748. The quantitative estimate of drug-likeness (QED) is 0.504. The Morgan fingerprint density at radius 3 is 2.81 bits per heavy atom. The summed E-state index contributed by atoms with van der Waals surface area (Å²) in [5.74, 6) is -0.847. The second-order valence-corrected chi connectivity index (χ2v) is 4.65. The summed E-state index contributed by atoms with van der Waals surface area (Å²) in [6, 6.07) is -0.748. The highest BCUT2D eigenvalue weighted by atomic mass is 16.2. The smallest absolute Gasteiger partial charge is 0.240 e. The Labute approximate surface area is 92.9 Å². The molecule has 0 aromatic carbocycles. The van der Waals surface area contributed by atoms with E-state index < -0.39 is 11.9 Å². The van der Waals surface area contributed by atoms with Gasteiger partial charge in [0.05, 0.1) is 0 Å². The normalized spacial score (nSPS) is 27.2. The first-order valence-corrected chi connectivity index (χ1v) is 5.37. The summed E-state index contributed by atoms with van der Waals surface area (Å²) < 4.78 is 0. The molecule has 0 aromatic heterocycles. The monoisotopic (exact) mass is 225 g/mol. The lowest BCUT2D eigenvalue weighted by molar-refractivity contribution is -0.125. The van der Waals surface area contributed by atoms with Crippen LogP contribution in [-0.2, 0) is 14.4 Å². The summed E-state index contributed by atoms with van der Waals surface area (Å²) in [5.41, 5.74) is 5.13. The van der Waals surface area contributed by atoms with E-state index in [2.05, 4.69) is 10.6 Å². The predicted octanol–water partition coefficient (Wildman–Crippen LogP) is -1.35. The molecular weight excluding hydrogens is 210 g/mol. The molecule has 3 amide bonds. The Balaban J connectivity index is 1.95. The molecule has 2 aliphatic rings. The van der Waals surface area contributed by atoms with E-state index in [4.69, 9.17) is 5.73 Å². The SMILES string of the molecule is NC(=O)[C@H](CC1CC2(CC2)NC1=O)NC=O. The van der Waals surface area contributed by atoms with E-state index >= 15 is 0 Å². The third-order valence-corrected chi connectivity index (χ3v) is 3.38. The number of carbonyl (C=O) groups is 3. The molecule has 1 saturated carbocycles.